The molecule has 4 nitrogen and oxygen atoms in total. The molecular weight excluding hydrogens is 236 g/mol. The zero-order valence-electron chi connectivity index (χ0n) is 10.5. The van der Waals surface area contributed by atoms with E-state index in [-0.39, 0.29) is 0 Å². The van der Waals surface area contributed by atoms with E-state index in [0.717, 1.165) is 28.6 Å². The lowest BCUT2D eigenvalue weighted by molar-refractivity contribution is 0.772. The van der Waals surface area contributed by atoms with Gasteiger partial charge in [-0.25, -0.2) is 4.68 Å². The van der Waals surface area contributed by atoms with Gasteiger partial charge in [0.15, 0.2) is 5.69 Å². The van der Waals surface area contributed by atoms with Crippen LogP contribution in [0.25, 0.3) is 16.5 Å². The first kappa shape index (κ1) is 11.4. The minimum atomic E-state index is 0.399. The second kappa shape index (κ2) is 4.54. The van der Waals surface area contributed by atoms with Crippen molar-refractivity contribution in [2.75, 3.05) is 0 Å². The van der Waals surface area contributed by atoms with Crippen LogP contribution in [0.5, 0.6) is 0 Å². The third-order valence-corrected chi connectivity index (χ3v) is 3.20. The summed E-state index contributed by atoms with van der Waals surface area (Å²) >= 11 is 0. The van der Waals surface area contributed by atoms with Crippen LogP contribution >= 0.6 is 0 Å². The normalized spacial score (nSPS) is 10.5. The number of nitrogens with zero attached hydrogens (tertiary/aromatic N) is 4. The van der Waals surface area contributed by atoms with Gasteiger partial charge in [-0.1, -0.05) is 48.5 Å². The molecule has 0 atom stereocenters. The van der Waals surface area contributed by atoms with Crippen LogP contribution in [0.2, 0.25) is 0 Å². The summed E-state index contributed by atoms with van der Waals surface area (Å²) < 4.78 is 1.76. The Labute approximate surface area is 110 Å². The highest BCUT2D eigenvalue weighted by Crippen LogP contribution is 2.23. The van der Waals surface area contributed by atoms with Crippen LogP contribution in [-0.4, -0.2) is 15.0 Å². The van der Waals surface area contributed by atoms with Gasteiger partial charge in [-0.2, -0.15) is 5.26 Å². The van der Waals surface area contributed by atoms with Gasteiger partial charge in [-0.3, -0.25) is 0 Å². The lowest BCUT2D eigenvalue weighted by Gasteiger charge is -2.08. The van der Waals surface area contributed by atoms with Crippen LogP contribution in [0.15, 0.2) is 42.5 Å². The first-order chi connectivity index (χ1) is 9.35. The Balaban J connectivity index is 2.31. The van der Waals surface area contributed by atoms with E-state index in [0.29, 0.717) is 5.69 Å². The highest BCUT2D eigenvalue weighted by atomic mass is 15.4. The van der Waals surface area contributed by atoms with Gasteiger partial charge in [0.1, 0.15) is 6.07 Å². The maximum absolute atomic E-state index is 9.06. The van der Waals surface area contributed by atoms with Gasteiger partial charge in [0.25, 0.3) is 0 Å². The van der Waals surface area contributed by atoms with Gasteiger partial charge in [0, 0.05) is 5.39 Å². The number of hydrogen-bond donors (Lipinski definition) is 0. The van der Waals surface area contributed by atoms with E-state index in [4.69, 9.17) is 5.26 Å². The summed E-state index contributed by atoms with van der Waals surface area (Å²) in [5, 5.41) is 19.4. The molecule has 0 unspecified atom stereocenters. The zero-order chi connectivity index (χ0) is 13.2. The molecule has 3 aromatic rings. The van der Waals surface area contributed by atoms with E-state index in [1.165, 1.54) is 0 Å². The van der Waals surface area contributed by atoms with Gasteiger partial charge in [0.05, 0.1) is 11.4 Å². The van der Waals surface area contributed by atoms with Crippen molar-refractivity contribution in [2.24, 2.45) is 0 Å². The summed E-state index contributed by atoms with van der Waals surface area (Å²) in [5.74, 6) is 0. The Bertz CT molecular complexity index is 775. The molecule has 2 aromatic carbocycles. The molecule has 0 aliphatic rings. The molecule has 0 spiro atoms. The average molecular weight is 248 g/mol. The maximum Gasteiger partial charge on any atom is 0.186 e. The van der Waals surface area contributed by atoms with Crippen molar-refractivity contribution in [1.82, 2.24) is 15.0 Å². The summed E-state index contributed by atoms with van der Waals surface area (Å²) in [4.78, 5) is 0. The molecule has 1 heterocycles. The van der Waals surface area contributed by atoms with E-state index in [1.807, 2.05) is 31.2 Å². The fraction of sp³-hybridized carbons (Fsp3) is 0.133. The van der Waals surface area contributed by atoms with Crippen molar-refractivity contribution < 1.29 is 0 Å². The molecule has 0 radical (unpaired) electrons. The van der Waals surface area contributed by atoms with Gasteiger partial charge >= 0.3 is 0 Å². The quantitative estimate of drug-likeness (QED) is 0.700. The van der Waals surface area contributed by atoms with Crippen molar-refractivity contribution in [3.05, 3.63) is 53.9 Å². The third kappa shape index (κ3) is 1.76. The minimum absolute atomic E-state index is 0.399. The molecule has 0 N–H and O–H groups in total. The first-order valence-corrected chi connectivity index (χ1v) is 6.18. The molecule has 0 fully saturated rings. The Kier molecular flexibility index (Phi) is 2.73. The topological polar surface area (TPSA) is 54.5 Å². The van der Waals surface area contributed by atoms with E-state index < -0.39 is 0 Å². The predicted molar refractivity (Wildman–Crippen MR) is 73.0 cm³/mol. The summed E-state index contributed by atoms with van der Waals surface area (Å²) in [7, 11) is 0. The highest BCUT2D eigenvalue weighted by molar-refractivity contribution is 5.90. The third-order valence-electron chi connectivity index (χ3n) is 3.20. The van der Waals surface area contributed by atoms with E-state index in [2.05, 4.69) is 34.6 Å². The zero-order valence-corrected chi connectivity index (χ0v) is 10.5. The van der Waals surface area contributed by atoms with Gasteiger partial charge in [0.2, 0.25) is 0 Å². The van der Waals surface area contributed by atoms with Gasteiger partial charge in [-0.15, -0.1) is 5.10 Å². The lowest BCUT2D eigenvalue weighted by atomic mass is 10.1. The second-order valence-electron chi connectivity index (χ2n) is 4.26. The van der Waals surface area contributed by atoms with Crippen LogP contribution in [0, 0.1) is 11.3 Å². The van der Waals surface area contributed by atoms with E-state index >= 15 is 0 Å². The van der Waals surface area contributed by atoms with Crippen molar-refractivity contribution in [1.29, 1.82) is 5.26 Å². The fourth-order valence-corrected chi connectivity index (χ4v) is 2.29. The molecule has 3 rings (SSSR count). The number of hydrogen-bond acceptors (Lipinski definition) is 3. The number of benzene rings is 2. The SMILES string of the molecule is CCc1c(C#N)nnn1-c1cccc2ccccc12. The van der Waals surface area contributed by atoms with Gasteiger partial charge in [-0.05, 0) is 17.9 Å². The Morgan fingerprint density at radius 1 is 1.16 bits per heavy atom. The van der Waals surface area contributed by atoms with Crippen LogP contribution < -0.4 is 0 Å². The number of nitriles is 1. The molecule has 0 saturated carbocycles. The van der Waals surface area contributed by atoms with Crippen LogP contribution in [0.1, 0.15) is 18.3 Å². The smallest absolute Gasteiger partial charge is 0.186 e. The summed E-state index contributed by atoms with van der Waals surface area (Å²) in [6.07, 6.45) is 0.721. The molecule has 92 valence electrons. The molecule has 0 aliphatic heterocycles. The lowest BCUT2D eigenvalue weighted by Crippen LogP contribution is -2.02. The average Bonchev–Trinajstić information content (AvgIpc) is 2.89. The Hall–Kier alpha value is -2.67. The molecule has 0 bridgehead atoms. The summed E-state index contributed by atoms with van der Waals surface area (Å²) in [5.41, 5.74) is 2.21. The molecule has 4 heteroatoms. The number of aromatic nitrogens is 3. The standard InChI is InChI=1S/C15H12N4/c1-2-14-13(10-16)17-18-19(14)15-9-5-7-11-6-3-4-8-12(11)15/h3-9H,2H2,1H3. The van der Waals surface area contributed by atoms with Crippen LogP contribution in [0.3, 0.4) is 0 Å². The summed E-state index contributed by atoms with van der Waals surface area (Å²) in [6.45, 7) is 2.00. The van der Waals surface area contributed by atoms with Crippen molar-refractivity contribution in [3.63, 3.8) is 0 Å². The molecule has 0 amide bonds. The van der Waals surface area contributed by atoms with E-state index in [1.54, 1.807) is 4.68 Å². The van der Waals surface area contributed by atoms with Gasteiger partial charge < -0.3 is 0 Å². The van der Waals surface area contributed by atoms with Crippen molar-refractivity contribution in [2.45, 2.75) is 13.3 Å². The minimum Gasteiger partial charge on any atom is -0.216 e. The molecule has 0 saturated heterocycles. The second-order valence-corrected chi connectivity index (χ2v) is 4.26. The molecular formula is C15H12N4. The molecule has 0 aliphatic carbocycles. The molecule has 19 heavy (non-hydrogen) atoms. The maximum atomic E-state index is 9.06. The first-order valence-electron chi connectivity index (χ1n) is 6.18. The Morgan fingerprint density at radius 2 is 1.95 bits per heavy atom. The number of rotatable bonds is 2. The highest BCUT2D eigenvalue weighted by Gasteiger charge is 2.13. The fourth-order valence-electron chi connectivity index (χ4n) is 2.29. The van der Waals surface area contributed by atoms with Crippen LogP contribution in [-0.2, 0) is 6.42 Å². The monoisotopic (exact) mass is 248 g/mol. The van der Waals surface area contributed by atoms with Crippen molar-refractivity contribution >= 4 is 10.8 Å². The summed E-state index contributed by atoms with van der Waals surface area (Å²) in [6, 6.07) is 16.3. The number of fused-ring (bicyclic) bond motifs is 1. The predicted octanol–water partition coefficient (Wildman–Crippen LogP) is 2.85. The molecule has 1 aromatic heterocycles. The largest absolute Gasteiger partial charge is 0.216 e. The van der Waals surface area contributed by atoms with E-state index in [9.17, 15) is 0 Å². The Morgan fingerprint density at radius 3 is 2.74 bits per heavy atom. The van der Waals surface area contributed by atoms with Crippen LogP contribution in [0.4, 0.5) is 0 Å². The van der Waals surface area contributed by atoms with Crippen molar-refractivity contribution in [3.8, 4) is 11.8 Å².